The van der Waals surface area contributed by atoms with E-state index in [9.17, 15) is 0 Å². The zero-order chi connectivity index (χ0) is 13.5. The number of aryl methyl sites for hydroxylation is 1. The minimum Gasteiger partial charge on any atom is -0.236 e. The summed E-state index contributed by atoms with van der Waals surface area (Å²) in [5, 5.41) is 7.08. The zero-order valence-electron chi connectivity index (χ0n) is 12.5. The Labute approximate surface area is 112 Å². The Morgan fingerprint density at radius 1 is 0.778 bits per heavy atom. The van der Waals surface area contributed by atoms with E-state index >= 15 is 0 Å². The van der Waals surface area contributed by atoms with Crippen LogP contribution >= 0.6 is 0 Å². The molecule has 102 valence electrons. The average molecular weight is 249 g/mol. The molecule has 0 fully saturated rings. The molecule has 0 saturated carbocycles. The van der Waals surface area contributed by atoms with Gasteiger partial charge in [-0.2, -0.15) is 0 Å². The Hall–Kier alpha value is -1.06. The van der Waals surface area contributed by atoms with Crippen molar-refractivity contribution in [1.29, 1.82) is 0 Å². The van der Waals surface area contributed by atoms with Crippen LogP contribution in [-0.2, 0) is 0 Å². The molecule has 18 heavy (non-hydrogen) atoms. The minimum atomic E-state index is 1.02. The number of para-hydroxylation sites is 1. The van der Waals surface area contributed by atoms with E-state index in [1.54, 1.807) is 0 Å². The standard InChI is InChI=1S/C15H27N3/c1-6-16(7-2)18(17(8-3)9-4)15-13-11-10-12-14(15)5/h10-13H,6-9H2,1-5H3. The molecule has 0 amide bonds. The first-order valence-corrected chi connectivity index (χ1v) is 7.04. The van der Waals surface area contributed by atoms with Crippen LogP contribution < -0.4 is 5.12 Å². The lowest BCUT2D eigenvalue weighted by Crippen LogP contribution is -2.53. The Bertz CT molecular complexity index is 331. The van der Waals surface area contributed by atoms with E-state index in [0.29, 0.717) is 0 Å². The van der Waals surface area contributed by atoms with Gasteiger partial charge in [0.15, 0.2) is 0 Å². The predicted octanol–water partition coefficient (Wildman–Crippen LogP) is 3.32. The molecular weight excluding hydrogens is 222 g/mol. The van der Waals surface area contributed by atoms with Gasteiger partial charge in [0.1, 0.15) is 0 Å². The van der Waals surface area contributed by atoms with Gasteiger partial charge in [-0.25, -0.2) is 15.1 Å². The summed E-state index contributed by atoms with van der Waals surface area (Å²) in [5.41, 5.74) is 2.60. The highest BCUT2D eigenvalue weighted by Crippen LogP contribution is 2.23. The first-order chi connectivity index (χ1) is 8.69. The summed E-state index contributed by atoms with van der Waals surface area (Å²) in [4.78, 5) is 0. The summed E-state index contributed by atoms with van der Waals surface area (Å²) in [6.45, 7) is 15.1. The summed E-state index contributed by atoms with van der Waals surface area (Å²) in [5.74, 6) is 0. The number of hydrogen-bond donors (Lipinski definition) is 0. The van der Waals surface area contributed by atoms with Crippen LogP contribution in [0.1, 0.15) is 33.3 Å². The van der Waals surface area contributed by atoms with Crippen molar-refractivity contribution >= 4 is 5.69 Å². The normalized spacial score (nSPS) is 11.3. The van der Waals surface area contributed by atoms with Crippen LogP contribution in [0.25, 0.3) is 0 Å². The lowest BCUT2D eigenvalue weighted by molar-refractivity contribution is 0.114. The molecule has 1 aromatic carbocycles. The molecule has 0 aliphatic rings. The van der Waals surface area contributed by atoms with Crippen molar-refractivity contribution in [3.05, 3.63) is 29.8 Å². The molecule has 0 aromatic heterocycles. The van der Waals surface area contributed by atoms with Crippen LogP contribution in [0.4, 0.5) is 5.69 Å². The Morgan fingerprint density at radius 2 is 1.22 bits per heavy atom. The van der Waals surface area contributed by atoms with Crippen molar-refractivity contribution < 1.29 is 0 Å². The fraction of sp³-hybridized carbons (Fsp3) is 0.600. The molecule has 3 heteroatoms. The van der Waals surface area contributed by atoms with Crippen molar-refractivity contribution in [3.8, 4) is 0 Å². The second-order valence-electron chi connectivity index (χ2n) is 4.35. The fourth-order valence-electron chi connectivity index (χ4n) is 2.25. The highest BCUT2D eigenvalue weighted by Gasteiger charge is 2.20. The van der Waals surface area contributed by atoms with Crippen molar-refractivity contribution in [1.82, 2.24) is 10.0 Å². The molecule has 0 bridgehead atoms. The van der Waals surface area contributed by atoms with Crippen LogP contribution in [0.2, 0.25) is 0 Å². The highest BCUT2D eigenvalue weighted by molar-refractivity contribution is 5.51. The maximum atomic E-state index is 2.37. The maximum absolute atomic E-state index is 2.37. The van der Waals surface area contributed by atoms with Crippen molar-refractivity contribution in [2.45, 2.75) is 34.6 Å². The molecule has 0 unspecified atom stereocenters. The zero-order valence-corrected chi connectivity index (χ0v) is 12.5. The Balaban J connectivity index is 3.15. The number of benzene rings is 1. The lowest BCUT2D eigenvalue weighted by Gasteiger charge is -2.43. The molecule has 1 rings (SSSR count). The van der Waals surface area contributed by atoms with Gasteiger partial charge in [-0.3, -0.25) is 0 Å². The summed E-state index contributed by atoms with van der Waals surface area (Å²) in [7, 11) is 0. The maximum Gasteiger partial charge on any atom is 0.0736 e. The van der Waals surface area contributed by atoms with E-state index in [-0.39, 0.29) is 0 Å². The number of nitrogens with zero attached hydrogens (tertiary/aromatic N) is 3. The van der Waals surface area contributed by atoms with E-state index < -0.39 is 0 Å². The van der Waals surface area contributed by atoms with Crippen LogP contribution in [0, 0.1) is 6.92 Å². The van der Waals surface area contributed by atoms with Crippen molar-refractivity contribution in [2.75, 3.05) is 31.3 Å². The van der Waals surface area contributed by atoms with E-state index in [0.717, 1.165) is 26.2 Å². The molecule has 1 aromatic rings. The van der Waals surface area contributed by atoms with Crippen LogP contribution in [0.15, 0.2) is 24.3 Å². The van der Waals surface area contributed by atoms with E-state index in [1.165, 1.54) is 11.3 Å². The molecule has 0 aliphatic heterocycles. The SMILES string of the molecule is CCN(CC)N(c1ccccc1C)N(CC)CC. The summed E-state index contributed by atoms with van der Waals surface area (Å²) < 4.78 is 0. The largest absolute Gasteiger partial charge is 0.236 e. The first-order valence-electron chi connectivity index (χ1n) is 7.04. The van der Waals surface area contributed by atoms with Crippen LogP contribution in [-0.4, -0.2) is 36.2 Å². The van der Waals surface area contributed by atoms with Gasteiger partial charge in [0.2, 0.25) is 0 Å². The molecule has 0 heterocycles. The van der Waals surface area contributed by atoms with Crippen LogP contribution in [0.5, 0.6) is 0 Å². The number of hydrogen-bond acceptors (Lipinski definition) is 3. The quantitative estimate of drug-likeness (QED) is 0.686. The molecule has 0 aliphatic carbocycles. The molecule has 3 nitrogen and oxygen atoms in total. The third-order valence-electron chi connectivity index (χ3n) is 3.33. The number of anilines is 1. The van der Waals surface area contributed by atoms with Crippen molar-refractivity contribution in [3.63, 3.8) is 0 Å². The Kier molecular flexibility index (Phi) is 6.16. The molecule has 0 saturated heterocycles. The molecule has 0 radical (unpaired) electrons. The molecule has 0 atom stereocenters. The van der Waals surface area contributed by atoms with E-state index in [4.69, 9.17) is 0 Å². The molecular formula is C15H27N3. The third kappa shape index (κ3) is 3.24. The molecule has 0 N–H and O–H groups in total. The summed E-state index contributed by atoms with van der Waals surface area (Å²) >= 11 is 0. The second kappa shape index (κ2) is 7.39. The van der Waals surface area contributed by atoms with Gasteiger partial charge in [-0.1, -0.05) is 45.9 Å². The lowest BCUT2D eigenvalue weighted by atomic mass is 10.2. The van der Waals surface area contributed by atoms with Crippen LogP contribution in [0.3, 0.4) is 0 Å². The molecule has 0 spiro atoms. The monoisotopic (exact) mass is 249 g/mol. The van der Waals surface area contributed by atoms with Gasteiger partial charge in [0.05, 0.1) is 5.69 Å². The van der Waals surface area contributed by atoms with Gasteiger partial charge in [0.25, 0.3) is 0 Å². The van der Waals surface area contributed by atoms with Gasteiger partial charge < -0.3 is 0 Å². The fourth-order valence-corrected chi connectivity index (χ4v) is 2.25. The average Bonchev–Trinajstić information content (AvgIpc) is 2.40. The van der Waals surface area contributed by atoms with Crippen molar-refractivity contribution in [2.24, 2.45) is 0 Å². The summed E-state index contributed by atoms with van der Waals surface area (Å²) in [6, 6.07) is 8.59. The van der Waals surface area contributed by atoms with Gasteiger partial charge in [0, 0.05) is 26.2 Å². The topological polar surface area (TPSA) is 9.72 Å². The first kappa shape index (κ1) is 15.0. The van der Waals surface area contributed by atoms with Gasteiger partial charge in [-0.15, -0.1) is 0 Å². The Morgan fingerprint density at radius 3 is 1.61 bits per heavy atom. The smallest absolute Gasteiger partial charge is 0.0736 e. The van der Waals surface area contributed by atoms with E-state index in [1.807, 2.05) is 0 Å². The number of hydrazine groups is 2. The summed E-state index contributed by atoms with van der Waals surface area (Å²) in [6.07, 6.45) is 0. The second-order valence-corrected chi connectivity index (χ2v) is 4.35. The number of rotatable bonds is 7. The highest BCUT2D eigenvalue weighted by atomic mass is 15.9. The van der Waals surface area contributed by atoms with Gasteiger partial charge in [-0.05, 0) is 18.6 Å². The van der Waals surface area contributed by atoms with E-state index in [2.05, 4.69) is 74.0 Å². The minimum absolute atomic E-state index is 1.02. The predicted molar refractivity (Wildman–Crippen MR) is 79.5 cm³/mol. The third-order valence-corrected chi connectivity index (χ3v) is 3.33. The van der Waals surface area contributed by atoms with Gasteiger partial charge >= 0.3 is 0 Å².